The molecule has 0 spiro atoms. The molecule has 0 saturated carbocycles. The number of carbonyl (C=O) groups is 4. The van der Waals surface area contributed by atoms with Gasteiger partial charge < -0.3 is 25.2 Å². The quantitative estimate of drug-likeness (QED) is 0.0315. The molecule has 9 nitrogen and oxygen atoms in total. The van der Waals surface area contributed by atoms with Crippen molar-refractivity contribution in [2.24, 2.45) is 0 Å². The topological polar surface area (TPSA) is 114 Å². The molecule has 3 atom stereocenters. The van der Waals surface area contributed by atoms with E-state index in [4.69, 9.17) is 4.74 Å². The standard InChI is InChI=1S/C53H80N4O5/c1-5-6-7-8-9-10-13-16-19-31-40-62-53(61)49(43-46-36-27-22-28-37-46)56-52(60)48(42-45-34-25-21-26-35-45)55-51(59)47(41-44-32-23-20-24-33-44)54-50(58)38-29-17-14-11-12-15-18-30-39-57(2,3)4/h20-28,32-37,47-49H,5-19,29-31,38-43H2,1-4H3,(H2-,54,55,56,58,59,60)/p+1/t47-,48-,49-/m0/s1. The Balaban J connectivity index is 1.63. The van der Waals surface area contributed by atoms with Gasteiger partial charge in [0.05, 0.1) is 34.3 Å². The third kappa shape index (κ3) is 24.2. The van der Waals surface area contributed by atoms with Crippen molar-refractivity contribution in [3.63, 3.8) is 0 Å². The van der Waals surface area contributed by atoms with Crippen LogP contribution in [0.25, 0.3) is 0 Å². The number of benzene rings is 3. The van der Waals surface area contributed by atoms with Crippen LogP contribution in [0, 0.1) is 0 Å². The summed E-state index contributed by atoms with van der Waals surface area (Å²) in [5.41, 5.74) is 2.63. The summed E-state index contributed by atoms with van der Waals surface area (Å²) in [7, 11) is 6.70. The lowest BCUT2D eigenvalue weighted by atomic mass is 10.0. The van der Waals surface area contributed by atoms with Gasteiger partial charge in [-0.1, -0.05) is 188 Å². The van der Waals surface area contributed by atoms with Crippen LogP contribution >= 0.6 is 0 Å². The van der Waals surface area contributed by atoms with Crippen molar-refractivity contribution in [1.29, 1.82) is 0 Å². The van der Waals surface area contributed by atoms with Crippen LogP contribution in [0.4, 0.5) is 0 Å². The molecule has 3 aromatic rings. The van der Waals surface area contributed by atoms with E-state index in [-0.39, 0.29) is 25.2 Å². The van der Waals surface area contributed by atoms with Crippen molar-refractivity contribution in [2.45, 2.75) is 166 Å². The number of esters is 1. The van der Waals surface area contributed by atoms with E-state index in [1.807, 2.05) is 91.0 Å². The van der Waals surface area contributed by atoms with Crippen LogP contribution < -0.4 is 16.0 Å². The zero-order valence-electron chi connectivity index (χ0n) is 38.9. The molecule has 0 aliphatic heterocycles. The molecule has 9 heteroatoms. The predicted octanol–water partition coefficient (Wildman–Crippen LogP) is 9.85. The van der Waals surface area contributed by atoms with Gasteiger partial charge in [-0.05, 0) is 42.4 Å². The second kappa shape index (κ2) is 31.4. The summed E-state index contributed by atoms with van der Waals surface area (Å²) in [5, 5.41) is 8.94. The number of unbranched alkanes of at least 4 members (excludes halogenated alkanes) is 16. The summed E-state index contributed by atoms with van der Waals surface area (Å²) >= 11 is 0. The highest BCUT2D eigenvalue weighted by Crippen LogP contribution is 2.14. The van der Waals surface area contributed by atoms with Crippen LogP contribution in [0.1, 0.15) is 146 Å². The minimum Gasteiger partial charge on any atom is -0.464 e. The second-order valence-electron chi connectivity index (χ2n) is 18.3. The lowest BCUT2D eigenvalue weighted by Crippen LogP contribution is -2.57. The lowest BCUT2D eigenvalue weighted by molar-refractivity contribution is -0.870. The number of nitrogens with zero attached hydrogens (tertiary/aromatic N) is 1. The van der Waals surface area contributed by atoms with Gasteiger partial charge in [0.25, 0.3) is 0 Å². The molecule has 0 bridgehead atoms. The van der Waals surface area contributed by atoms with Crippen molar-refractivity contribution in [3.05, 3.63) is 108 Å². The van der Waals surface area contributed by atoms with E-state index in [0.29, 0.717) is 13.0 Å². The number of rotatable bonds is 34. The second-order valence-corrected chi connectivity index (χ2v) is 18.3. The molecule has 0 fully saturated rings. The Hall–Kier alpha value is -4.50. The Kier molecular flexibility index (Phi) is 26.2. The summed E-state index contributed by atoms with van der Waals surface area (Å²) in [4.78, 5) is 55.4. The minimum atomic E-state index is -1.01. The maximum atomic E-state index is 14.3. The Morgan fingerprint density at radius 2 is 0.839 bits per heavy atom. The summed E-state index contributed by atoms with van der Waals surface area (Å²) in [6.07, 6.45) is 21.8. The van der Waals surface area contributed by atoms with Gasteiger partial charge in [-0.3, -0.25) is 14.4 Å². The molecule has 3 amide bonds. The highest BCUT2D eigenvalue weighted by atomic mass is 16.5. The Bertz CT molecular complexity index is 1650. The molecule has 0 heterocycles. The molecule has 0 saturated heterocycles. The fourth-order valence-corrected chi connectivity index (χ4v) is 7.77. The van der Waals surface area contributed by atoms with E-state index in [2.05, 4.69) is 44.0 Å². The Morgan fingerprint density at radius 3 is 1.29 bits per heavy atom. The first-order valence-electron chi connectivity index (χ1n) is 24.0. The minimum absolute atomic E-state index is 0.182. The Morgan fingerprint density at radius 1 is 0.468 bits per heavy atom. The average molecular weight is 854 g/mol. The average Bonchev–Trinajstić information content (AvgIpc) is 3.26. The summed E-state index contributed by atoms with van der Waals surface area (Å²) in [5.74, 6) is -1.62. The highest BCUT2D eigenvalue weighted by molar-refractivity contribution is 5.94. The van der Waals surface area contributed by atoms with E-state index in [9.17, 15) is 19.2 Å². The van der Waals surface area contributed by atoms with Gasteiger partial charge >= 0.3 is 5.97 Å². The molecule has 3 rings (SSSR count). The van der Waals surface area contributed by atoms with Gasteiger partial charge in [0.15, 0.2) is 0 Å². The molecule has 342 valence electrons. The number of nitrogens with one attached hydrogen (secondary N) is 3. The van der Waals surface area contributed by atoms with Gasteiger partial charge in [-0.2, -0.15) is 0 Å². The van der Waals surface area contributed by atoms with Crippen LogP contribution in [0.3, 0.4) is 0 Å². The molecule has 0 aromatic heterocycles. The first-order valence-corrected chi connectivity index (χ1v) is 24.0. The number of amides is 3. The lowest BCUT2D eigenvalue weighted by Gasteiger charge is -2.25. The molecule has 3 N–H and O–H groups in total. The predicted molar refractivity (Wildman–Crippen MR) is 253 cm³/mol. The van der Waals surface area contributed by atoms with Crippen molar-refractivity contribution >= 4 is 23.7 Å². The van der Waals surface area contributed by atoms with E-state index in [1.54, 1.807) is 0 Å². The van der Waals surface area contributed by atoms with E-state index < -0.39 is 35.9 Å². The zero-order chi connectivity index (χ0) is 44.7. The summed E-state index contributed by atoms with van der Waals surface area (Å²) in [6, 6.07) is 25.8. The van der Waals surface area contributed by atoms with Crippen molar-refractivity contribution in [2.75, 3.05) is 34.3 Å². The largest absolute Gasteiger partial charge is 0.464 e. The van der Waals surface area contributed by atoms with Crippen molar-refractivity contribution in [1.82, 2.24) is 16.0 Å². The molecule has 0 unspecified atom stereocenters. The van der Waals surface area contributed by atoms with Crippen LogP contribution in [-0.4, -0.2) is 80.6 Å². The number of ether oxygens (including phenoxy) is 1. The van der Waals surface area contributed by atoms with E-state index in [0.717, 1.165) is 59.7 Å². The van der Waals surface area contributed by atoms with Gasteiger partial charge in [0.1, 0.15) is 18.1 Å². The third-order valence-corrected chi connectivity index (χ3v) is 11.5. The number of hydrogen-bond donors (Lipinski definition) is 3. The maximum Gasteiger partial charge on any atom is 0.328 e. The van der Waals surface area contributed by atoms with Crippen molar-refractivity contribution in [3.8, 4) is 0 Å². The maximum absolute atomic E-state index is 14.3. The van der Waals surface area contributed by atoms with Crippen molar-refractivity contribution < 1.29 is 28.4 Å². The van der Waals surface area contributed by atoms with Crippen LogP contribution in [0.15, 0.2) is 91.0 Å². The molecule has 0 aliphatic rings. The van der Waals surface area contributed by atoms with Crippen LogP contribution in [0.5, 0.6) is 0 Å². The molecule has 3 aromatic carbocycles. The molecule has 0 aliphatic carbocycles. The van der Waals surface area contributed by atoms with Crippen LogP contribution in [-0.2, 0) is 43.2 Å². The molecule has 62 heavy (non-hydrogen) atoms. The molecular formula is C53H81N4O5+. The fourth-order valence-electron chi connectivity index (χ4n) is 7.77. The highest BCUT2D eigenvalue weighted by Gasteiger charge is 2.31. The SMILES string of the molecule is CCCCCCCCCCCCOC(=O)[C@H](Cc1ccccc1)NC(=O)[C@H](Cc1ccccc1)NC(=O)[C@H](Cc1ccccc1)NC(=O)CCCCCCCCCC[N+](C)(C)C. The normalized spacial score (nSPS) is 12.8. The van der Waals surface area contributed by atoms with Gasteiger partial charge in [-0.15, -0.1) is 0 Å². The van der Waals surface area contributed by atoms with Gasteiger partial charge in [0.2, 0.25) is 17.7 Å². The number of carbonyl (C=O) groups excluding carboxylic acids is 4. The smallest absolute Gasteiger partial charge is 0.328 e. The van der Waals surface area contributed by atoms with Gasteiger partial charge in [0, 0.05) is 25.7 Å². The first kappa shape index (κ1) is 51.8. The molecule has 0 radical (unpaired) electrons. The zero-order valence-corrected chi connectivity index (χ0v) is 38.9. The van der Waals surface area contributed by atoms with E-state index in [1.165, 1.54) is 83.6 Å². The summed E-state index contributed by atoms with van der Waals surface area (Å²) in [6.45, 7) is 3.73. The summed E-state index contributed by atoms with van der Waals surface area (Å²) < 4.78 is 6.78. The van der Waals surface area contributed by atoms with Crippen LogP contribution in [0.2, 0.25) is 0 Å². The fraction of sp³-hybridized carbons (Fsp3) is 0.585. The van der Waals surface area contributed by atoms with Gasteiger partial charge in [-0.25, -0.2) is 4.79 Å². The first-order chi connectivity index (χ1) is 30.0. The van der Waals surface area contributed by atoms with E-state index >= 15 is 0 Å². The number of hydrogen-bond acceptors (Lipinski definition) is 5. The Labute approximate surface area is 375 Å². The number of quaternary nitrogens is 1. The molecular weight excluding hydrogens is 773 g/mol. The monoisotopic (exact) mass is 854 g/mol. The third-order valence-electron chi connectivity index (χ3n) is 11.5.